The maximum absolute atomic E-state index is 4.62. The molecule has 2 heterocycles. The molecule has 4 rings (SSSR count). The van der Waals surface area contributed by atoms with Gasteiger partial charge in [-0.3, -0.25) is 0 Å². The summed E-state index contributed by atoms with van der Waals surface area (Å²) in [6.45, 7) is 3.22. The molecule has 1 atom stereocenters. The molecule has 4 heteroatoms. The Morgan fingerprint density at radius 1 is 1.22 bits per heavy atom. The lowest BCUT2D eigenvalue weighted by molar-refractivity contribution is 0.509. The van der Waals surface area contributed by atoms with Crippen molar-refractivity contribution >= 4 is 27.4 Å². The van der Waals surface area contributed by atoms with Crippen molar-refractivity contribution in [3.05, 3.63) is 52.7 Å². The second kappa shape index (κ2) is 5.93. The number of rotatable bonds is 3. The zero-order valence-electron chi connectivity index (χ0n) is 13.6. The second-order valence-corrected chi connectivity index (χ2v) is 7.65. The molecule has 0 amide bonds. The van der Waals surface area contributed by atoms with Crippen LogP contribution in [0.2, 0.25) is 0 Å². The summed E-state index contributed by atoms with van der Waals surface area (Å²) < 4.78 is 0. The SMILES string of the molecule is C[C@H]1CCc2c(sc3ncnc(N(C)Cc4ccccc4)c23)C1. The number of aryl methyl sites for hydroxylation is 1. The number of hydrogen-bond donors (Lipinski definition) is 0. The van der Waals surface area contributed by atoms with Crippen LogP contribution >= 0.6 is 11.3 Å². The summed E-state index contributed by atoms with van der Waals surface area (Å²) in [4.78, 5) is 14.1. The molecule has 0 bridgehead atoms. The zero-order chi connectivity index (χ0) is 15.8. The van der Waals surface area contributed by atoms with Crippen molar-refractivity contribution in [1.29, 1.82) is 0 Å². The van der Waals surface area contributed by atoms with Crippen LogP contribution in [0, 0.1) is 5.92 Å². The highest BCUT2D eigenvalue weighted by Crippen LogP contribution is 2.40. The van der Waals surface area contributed by atoms with E-state index in [9.17, 15) is 0 Å². The van der Waals surface area contributed by atoms with E-state index in [4.69, 9.17) is 0 Å². The van der Waals surface area contributed by atoms with Crippen LogP contribution in [0.4, 0.5) is 5.82 Å². The smallest absolute Gasteiger partial charge is 0.141 e. The average molecular weight is 323 g/mol. The molecule has 1 aliphatic rings. The normalized spacial score (nSPS) is 17.2. The van der Waals surface area contributed by atoms with Gasteiger partial charge in [0.25, 0.3) is 0 Å². The summed E-state index contributed by atoms with van der Waals surface area (Å²) in [5, 5.41) is 1.29. The molecule has 0 aliphatic heterocycles. The van der Waals surface area contributed by atoms with Crippen LogP contribution in [0.3, 0.4) is 0 Å². The van der Waals surface area contributed by atoms with Crippen molar-refractivity contribution in [2.24, 2.45) is 5.92 Å². The molecule has 1 aromatic carbocycles. The highest BCUT2D eigenvalue weighted by atomic mass is 32.1. The van der Waals surface area contributed by atoms with E-state index >= 15 is 0 Å². The molecule has 23 heavy (non-hydrogen) atoms. The topological polar surface area (TPSA) is 29.0 Å². The number of thiophene rings is 1. The molecule has 1 aliphatic carbocycles. The van der Waals surface area contributed by atoms with Gasteiger partial charge in [-0.25, -0.2) is 9.97 Å². The summed E-state index contributed by atoms with van der Waals surface area (Å²) in [5.41, 5.74) is 2.80. The minimum atomic E-state index is 0.786. The number of anilines is 1. The van der Waals surface area contributed by atoms with Crippen LogP contribution in [0.25, 0.3) is 10.2 Å². The molecule has 0 fully saturated rings. The first kappa shape index (κ1) is 14.6. The lowest BCUT2D eigenvalue weighted by Crippen LogP contribution is -2.18. The van der Waals surface area contributed by atoms with Crippen LogP contribution in [0.1, 0.15) is 29.3 Å². The van der Waals surface area contributed by atoms with Gasteiger partial charge in [-0.15, -0.1) is 11.3 Å². The number of aromatic nitrogens is 2. The predicted molar refractivity (Wildman–Crippen MR) is 97.2 cm³/mol. The van der Waals surface area contributed by atoms with E-state index in [-0.39, 0.29) is 0 Å². The Balaban J connectivity index is 1.75. The Kier molecular flexibility index (Phi) is 3.77. The molecule has 0 unspecified atom stereocenters. The Morgan fingerprint density at radius 3 is 2.87 bits per heavy atom. The molecule has 0 radical (unpaired) electrons. The standard InChI is InChI=1S/C19H21N3S/c1-13-8-9-15-16(10-13)23-19-17(15)18(20-12-21-19)22(2)11-14-6-4-3-5-7-14/h3-7,12-13H,8-11H2,1-2H3/t13-/m0/s1. The lowest BCUT2D eigenvalue weighted by Gasteiger charge is -2.21. The van der Waals surface area contributed by atoms with Gasteiger partial charge in [-0.2, -0.15) is 0 Å². The lowest BCUT2D eigenvalue weighted by atomic mass is 9.89. The van der Waals surface area contributed by atoms with E-state index in [2.05, 4.69) is 59.2 Å². The molecule has 2 aromatic heterocycles. The van der Waals surface area contributed by atoms with Crippen molar-refractivity contribution < 1.29 is 0 Å². The van der Waals surface area contributed by atoms with Crippen LogP contribution in [-0.4, -0.2) is 17.0 Å². The maximum atomic E-state index is 4.62. The maximum Gasteiger partial charge on any atom is 0.141 e. The van der Waals surface area contributed by atoms with Crippen molar-refractivity contribution in [2.75, 3.05) is 11.9 Å². The summed E-state index contributed by atoms with van der Waals surface area (Å²) in [6.07, 6.45) is 5.34. The highest BCUT2D eigenvalue weighted by molar-refractivity contribution is 7.19. The molecule has 0 saturated carbocycles. The number of nitrogens with zero attached hydrogens (tertiary/aromatic N) is 3. The van der Waals surface area contributed by atoms with Gasteiger partial charge in [0.1, 0.15) is 17.0 Å². The first-order valence-electron chi connectivity index (χ1n) is 8.22. The molecular weight excluding hydrogens is 302 g/mol. The third kappa shape index (κ3) is 2.72. The van der Waals surface area contributed by atoms with Gasteiger partial charge < -0.3 is 4.90 Å². The van der Waals surface area contributed by atoms with Crippen LogP contribution in [0.15, 0.2) is 36.7 Å². The molecular formula is C19H21N3S. The van der Waals surface area contributed by atoms with Crippen molar-refractivity contribution in [3.63, 3.8) is 0 Å². The van der Waals surface area contributed by atoms with E-state index in [1.165, 1.54) is 34.2 Å². The highest BCUT2D eigenvalue weighted by Gasteiger charge is 2.24. The number of fused-ring (bicyclic) bond motifs is 3. The van der Waals surface area contributed by atoms with E-state index in [0.29, 0.717) is 0 Å². The zero-order valence-corrected chi connectivity index (χ0v) is 14.4. The third-order valence-electron chi connectivity index (χ3n) is 4.70. The second-order valence-electron chi connectivity index (χ2n) is 6.57. The average Bonchev–Trinajstić information content (AvgIpc) is 2.93. The van der Waals surface area contributed by atoms with Gasteiger partial charge in [-0.1, -0.05) is 37.3 Å². The minimum absolute atomic E-state index is 0.786. The van der Waals surface area contributed by atoms with Gasteiger partial charge in [0.05, 0.1) is 5.39 Å². The first-order valence-corrected chi connectivity index (χ1v) is 9.04. The molecule has 0 spiro atoms. The van der Waals surface area contributed by atoms with E-state index in [0.717, 1.165) is 29.5 Å². The summed E-state index contributed by atoms with van der Waals surface area (Å²) >= 11 is 1.86. The Bertz CT molecular complexity index is 825. The number of hydrogen-bond acceptors (Lipinski definition) is 4. The molecule has 118 valence electrons. The number of benzene rings is 1. The molecule has 0 N–H and O–H groups in total. The van der Waals surface area contributed by atoms with Crippen LogP contribution in [0.5, 0.6) is 0 Å². The Labute approximate surface area is 141 Å². The van der Waals surface area contributed by atoms with E-state index < -0.39 is 0 Å². The van der Waals surface area contributed by atoms with Crippen molar-refractivity contribution in [2.45, 2.75) is 32.7 Å². The monoisotopic (exact) mass is 323 g/mol. The summed E-state index contributed by atoms with van der Waals surface area (Å²) in [5.74, 6) is 1.86. The first-order chi connectivity index (χ1) is 11.2. The molecule has 3 aromatic rings. The Morgan fingerprint density at radius 2 is 2.04 bits per heavy atom. The van der Waals surface area contributed by atoms with E-state index in [1.54, 1.807) is 6.33 Å². The van der Waals surface area contributed by atoms with Gasteiger partial charge in [0.15, 0.2) is 0 Å². The van der Waals surface area contributed by atoms with Gasteiger partial charge in [0, 0.05) is 18.5 Å². The van der Waals surface area contributed by atoms with E-state index in [1.807, 2.05) is 11.3 Å². The largest absolute Gasteiger partial charge is 0.355 e. The fourth-order valence-electron chi connectivity index (χ4n) is 3.48. The van der Waals surface area contributed by atoms with Crippen molar-refractivity contribution in [1.82, 2.24) is 9.97 Å². The minimum Gasteiger partial charge on any atom is -0.355 e. The van der Waals surface area contributed by atoms with Gasteiger partial charge in [-0.05, 0) is 36.3 Å². The Hall–Kier alpha value is -1.94. The van der Waals surface area contributed by atoms with Gasteiger partial charge in [0.2, 0.25) is 0 Å². The quantitative estimate of drug-likeness (QED) is 0.713. The van der Waals surface area contributed by atoms with Crippen LogP contribution in [-0.2, 0) is 19.4 Å². The molecule has 3 nitrogen and oxygen atoms in total. The fourth-order valence-corrected chi connectivity index (χ4v) is 4.82. The van der Waals surface area contributed by atoms with Gasteiger partial charge >= 0.3 is 0 Å². The summed E-state index contributed by atoms with van der Waals surface area (Å²) in [7, 11) is 2.13. The predicted octanol–water partition coefficient (Wildman–Crippen LogP) is 4.45. The fraction of sp³-hybridized carbons (Fsp3) is 0.368. The van der Waals surface area contributed by atoms with Crippen LogP contribution < -0.4 is 4.90 Å². The third-order valence-corrected chi connectivity index (χ3v) is 5.86. The van der Waals surface area contributed by atoms with Crippen molar-refractivity contribution in [3.8, 4) is 0 Å². The summed E-state index contributed by atoms with van der Waals surface area (Å²) in [6, 6.07) is 10.6. The molecule has 0 saturated heterocycles.